The monoisotopic (exact) mass is 164 g/mol. The van der Waals surface area contributed by atoms with E-state index in [-0.39, 0.29) is 0 Å². The molecule has 0 aliphatic carbocycles. The number of rotatable bonds is 0. The molecule has 0 radical (unpaired) electrons. The van der Waals surface area contributed by atoms with E-state index in [1.807, 2.05) is 0 Å². The van der Waals surface area contributed by atoms with E-state index < -0.39 is 0 Å². The van der Waals surface area contributed by atoms with Gasteiger partial charge in [-0.3, -0.25) is 4.68 Å². The van der Waals surface area contributed by atoms with Crippen LogP contribution in [-0.2, 0) is 6.54 Å². The van der Waals surface area contributed by atoms with E-state index >= 15 is 0 Å². The van der Waals surface area contributed by atoms with Gasteiger partial charge in [0.2, 0.25) is 0 Å². The van der Waals surface area contributed by atoms with Crippen molar-refractivity contribution < 1.29 is 0 Å². The van der Waals surface area contributed by atoms with Crippen molar-refractivity contribution in [1.82, 2.24) is 9.78 Å². The molecule has 0 saturated heterocycles. The predicted octanol–water partition coefficient (Wildman–Crippen LogP) is 2.40. The molecule has 0 amide bonds. The minimum absolute atomic E-state index is 0.708. The second-order valence-corrected chi connectivity index (χ2v) is 3.86. The normalized spacial score (nSPS) is 22.4. The van der Waals surface area contributed by atoms with Gasteiger partial charge in [0.25, 0.3) is 0 Å². The van der Waals surface area contributed by atoms with Crippen LogP contribution in [0.1, 0.15) is 42.6 Å². The molecule has 12 heavy (non-hydrogen) atoms. The molecule has 1 aromatic heterocycles. The van der Waals surface area contributed by atoms with Gasteiger partial charge in [-0.2, -0.15) is 5.10 Å². The molecule has 0 spiro atoms. The molecular formula is C10H16N2. The maximum Gasteiger partial charge on any atom is 0.0625 e. The molecule has 0 N–H and O–H groups in total. The Hall–Kier alpha value is -0.790. The van der Waals surface area contributed by atoms with Crippen LogP contribution in [0.4, 0.5) is 0 Å². The lowest BCUT2D eigenvalue weighted by Gasteiger charge is -2.20. The average Bonchev–Trinajstić information content (AvgIpc) is 2.29. The molecule has 0 bridgehead atoms. The third-order valence-electron chi connectivity index (χ3n) is 2.95. The van der Waals surface area contributed by atoms with Crippen LogP contribution in [0.2, 0.25) is 0 Å². The van der Waals surface area contributed by atoms with Gasteiger partial charge in [0.15, 0.2) is 0 Å². The van der Waals surface area contributed by atoms with E-state index in [2.05, 4.69) is 30.6 Å². The van der Waals surface area contributed by atoms with Gasteiger partial charge in [-0.05, 0) is 38.2 Å². The first-order chi connectivity index (χ1) is 5.70. The van der Waals surface area contributed by atoms with E-state index in [9.17, 15) is 0 Å². The third-order valence-corrected chi connectivity index (χ3v) is 2.95. The van der Waals surface area contributed by atoms with Crippen molar-refractivity contribution in [3.63, 3.8) is 0 Å². The van der Waals surface area contributed by atoms with Crippen molar-refractivity contribution in [3.05, 3.63) is 17.0 Å². The minimum atomic E-state index is 0.708. The fourth-order valence-electron chi connectivity index (χ4n) is 2.17. The first-order valence-corrected chi connectivity index (χ1v) is 4.74. The standard InChI is InChI=1S/C10H16N2/c1-7-5-4-6-12-10(7)8(2)9(3)11-12/h7H,4-6H2,1-3H3. The zero-order valence-corrected chi connectivity index (χ0v) is 8.09. The molecule has 1 aliphatic rings. The van der Waals surface area contributed by atoms with Crippen molar-refractivity contribution in [2.75, 3.05) is 0 Å². The summed E-state index contributed by atoms with van der Waals surface area (Å²) in [5.74, 6) is 0.708. The molecule has 1 unspecified atom stereocenters. The van der Waals surface area contributed by atoms with E-state index in [1.54, 1.807) is 0 Å². The summed E-state index contributed by atoms with van der Waals surface area (Å²) in [6, 6.07) is 0. The number of aryl methyl sites for hydroxylation is 2. The fraction of sp³-hybridized carbons (Fsp3) is 0.700. The summed E-state index contributed by atoms with van der Waals surface area (Å²) in [4.78, 5) is 0. The Morgan fingerprint density at radius 1 is 1.42 bits per heavy atom. The second kappa shape index (κ2) is 2.61. The fourth-order valence-corrected chi connectivity index (χ4v) is 2.17. The van der Waals surface area contributed by atoms with E-state index in [0.29, 0.717) is 5.92 Å². The Kier molecular flexibility index (Phi) is 1.71. The number of hydrogen-bond donors (Lipinski definition) is 0. The van der Waals surface area contributed by atoms with Crippen LogP contribution in [-0.4, -0.2) is 9.78 Å². The summed E-state index contributed by atoms with van der Waals surface area (Å²) in [5.41, 5.74) is 4.08. The number of aromatic nitrogens is 2. The summed E-state index contributed by atoms with van der Waals surface area (Å²) in [6.07, 6.45) is 2.61. The van der Waals surface area contributed by atoms with Crippen LogP contribution < -0.4 is 0 Å². The predicted molar refractivity (Wildman–Crippen MR) is 49.4 cm³/mol. The summed E-state index contributed by atoms with van der Waals surface area (Å²) >= 11 is 0. The van der Waals surface area contributed by atoms with Crippen LogP contribution >= 0.6 is 0 Å². The van der Waals surface area contributed by atoms with Gasteiger partial charge in [-0.1, -0.05) is 6.92 Å². The second-order valence-electron chi connectivity index (χ2n) is 3.86. The Bertz CT molecular complexity index is 299. The SMILES string of the molecule is Cc1nn2c(c1C)C(C)CCC2. The minimum Gasteiger partial charge on any atom is -0.269 e. The molecule has 2 heteroatoms. The highest BCUT2D eigenvalue weighted by Crippen LogP contribution is 2.29. The highest BCUT2D eigenvalue weighted by Gasteiger charge is 2.20. The molecule has 2 heterocycles. The lowest BCUT2D eigenvalue weighted by atomic mass is 9.95. The maximum absolute atomic E-state index is 4.52. The van der Waals surface area contributed by atoms with Crippen molar-refractivity contribution in [2.24, 2.45) is 0 Å². The summed E-state index contributed by atoms with van der Waals surface area (Å²) in [5, 5.41) is 4.52. The van der Waals surface area contributed by atoms with Crippen molar-refractivity contribution in [2.45, 2.75) is 46.1 Å². The van der Waals surface area contributed by atoms with Gasteiger partial charge in [0, 0.05) is 12.2 Å². The maximum atomic E-state index is 4.52. The van der Waals surface area contributed by atoms with Crippen LogP contribution in [0.15, 0.2) is 0 Å². The van der Waals surface area contributed by atoms with Crippen LogP contribution in [0.3, 0.4) is 0 Å². The van der Waals surface area contributed by atoms with Gasteiger partial charge in [0.1, 0.15) is 0 Å². The molecule has 1 aliphatic heterocycles. The van der Waals surface area contributed by atoms with Crippen LogP contribution in [0.25, 0.3) is 0 Å². The van der Waals surface area contributed by atoms with Gasteiger partial charge >= 0.3 is 0 Å². The molecule has 1 aromatic rings. The van der Waals surface area contributed by atoms with E-state index in [1.165, 1.54) is 29.8 Å². The molecule has 1 atom stereocenters. The van der Waals surface area contributed by atoms with Crippen LogP contribution in [0, 0.1) is 13.8 Å². The Morgan fingerprint density at radius 2 is 2.17 bits per heavy atom. The zero-order chi connectivity index (χ0) is 8.72. The van der Waals surface area contributed by atoms with Crippen molar-refractivity contribution in [3.8, 4) is 0 Å². The molecule has 0 aromatic carbocycles. The van der Waals surface area contributed by atoms with Gasteiger partial charge in [0.05, 0.1) is 5.69 Å². The van der Waals surface area contributed by atoms with Crippen LogP contribution in [0.5, 0.6) is 0 Å². The highest BCUT2D eigenvalue weighted by atomic mass is 15.3. The van der Waals surface area contributed by atoms with E-state index in [4.69, 9.17) is 0 Å². The average molecular weight is 164 g/mol. The zero-order valence-electron chi connectivity index (χ0n) is 8.09. The van der Waals surface area contributed by atoms with Gasteiger partial charge in [-0.15, -0.1) is 0 Å². The highest BCUT2D eigenvalue weighted by molar-refractivity contribution is 5.27. The lowest BCUT2D eigenvalue weighted by Crippen LogP contribution is -2.14. The summed E-state index contributed by atoms with van der Waals surface area (Å²) in [6.45, 7) is 7.72. The molecule has 66 valence electrons. The first kappa shape index (κ1) is 7.84. The van der Waals surface area contributed by atoms with Gasteiger partial charge < -0.3 is 0 Å². The van der Waals surface area contributed by atoms with Crippen molar-refractivity contribution >= 4 is 0 Å². The first-order valence-electron chi connectivity index (χ1n) is 4.74. The Labute approximate surface area is 73.6 Å². The third kappa shape index (κ3) is 0.977. The quantitative estimate of drug-likeness (QED) is 0.575. The molecule has 2 nitrogen and oxygen atoms in total. The Morgan fingerprint density at radius 3 is 2.83 bits per heavy atom. The van der Waals surface area contributed by atoms with Gasteiger partial charge in [-0.25, -0.2) is 0 Å². The largest absolute Gasteiger partial charge is 0.269 e. The number of hydrogen-bond acceptors (Lipinski definition) is 1. The number of fused-ring (bicyclic) bond motifs is 1. The Balaban J connectivity index is 2.54. The molecular weight excluding hydrogens is 148 g/mol. The summed E-state index contributed by atoms with van der Waals surface area (Å²) in [7, 11) is 0. The summed E-state index contributed by atoms with van der Waals surface area (Å²) < 4.78 is 2.19. The smallest absolute Gasteiger partial charge is 0.0625 e. The van der Waals surface area contributed by atoms with Crippen molar-refractivity contribution in [1.29, 1.82) is 0 Å². The molecule has 0 fully saturated rings. The number of nitrogens with zero attached hydrogens (tertiary/aromatic N) is 2. The van der Waals surface area contributed by atoms with E-state index in [0.717, 1.165) is 6.54 Å². The molecule has 0 saturated carbocycles. The topological polar surface area (TPSA) is 17.8 Å². The lowest BCUT2D eigenvalue weighted by molar-refractivity contribution is 0.438. The molecule has 2 rings (SSSR count).